The average Bonchev–Trinajstić information content (AvgIpc) is 2.40. The quantitative estimate of drug-likeness (QED) is 0.598. The molecule has 3 rings (SSSR count). The van der Waals surface area contributed by atoms with Gasteiger partial charge < -0.3 is 19.7 Å². The molecule has 0 radical (unpaired) electrons. The second-order valence-corrected chi connectivity index (χ2v) is 4.81. The van der Waals surface area contributed by atoms with Gasteiger partial charge in [-0.15, -0.1) is 0 Å². The molecule has 3 N–H and O–H groups in total. The maximum Gasteiger partial charge on any atom is 0.193 e. The minimum atomic E-state index is -0.303. The number of aryl methyl sites for hydroxylation is 1. The van der Waals surface area contributed by atoms with Gasteiger partial charge in [0.2, 0.25) is 0 Å². The van der Waals surface area contributed by atoms with E-state index in [2.05, 4.69) is 0 Å². The Morgan fingerprint density at radius 2 is 1.71 bits per heavy atom. The van der Waals surface area contributed by atoms with E-state index in [1.165, 1.54) is 36.4 Å². The number of hydrogen-bond acceptors (Lipinski definition) is 5. The number of hydrogen-bond donors (Lipinski definition) is 3. The molecule has 1 heterocycles. The van der Waals surface area contributed by atoms with Gasteiger partial charge in [-0.3, -0.25) is 4.79 Å². The molecule has 0 aliphatic heterocycles. The van der Waals surface area contributed by atoms with E-state index in [0.29, 0.717) is 16.5 Å². The Balaban J connectivity index is 2.29. The first-order valence-electron chi connectivity index (χ1n) is 6.25. The summed E-state index contributed by atoms with van der Waals surface area (Å²) in [5, 5.41) is 28.8. The summed E-state index contributed by atoms with van der Waals surface area (Å²) < 4.78 is 5.63. The zero-order valence-electron chi connectivity index (χ0n) is 11.1. The van der Waals surface area contributed by atoms with E-state index >= 15 is 0 Å². The molecule has 0 unspecified atom stereocenters. The van der Waals surface area contributed by atoms with Gasteiger partial charge in [-0.1, -0.05) is 0 Å². The summed E-state index contributed by atoms with van der Waals surface area (Å²) in [6.45, 7) is 1.71. The van der Waals surface area contributed by atoms with Crippen LogP contribution in [0.25, 0.3) is 22.3 Å². The van der Waals surface area contributed by atoms with Gasteiger partial charge >= 0.3 is 0 Å². The van der Waals surface area contributed by atoms with Crippen LogP contribution >= 0.6 is 0 Å². The van der Waals surface area contributed by atoms with Crippen molar-refractivity contribution >= 4 is 11.0 Å². The molecule has 0 amide bonds. The molecule has 3 aromatic rings. The van der Waals surface area contributed by atoms with Crippen molar-refractivity contribution in [3.05, 3.63) is 52.2 Å². The molecular formula is C16H12O5. The Labute approximate surface area is 119 Å². The van der Waals surface area contributed by atoms with Gasteiger partial charge in [0.25, 0.3) is 0 Å². The number of rotatable bonds is 1. The van der Waals surface area contributed by atoms with E-state index < -0.39 is 0 Å². The van der Waals surface area contributed by atoms with Crippen molar-refractivity contribution in [2.75, 3.05) is 0 Å². The fourth-order valence-corrected chi connectivity index (χ4v) is 2.29. The van der Waals surface area contributed by atoms with E-state index in [1.54, 1.807) is 6.92 Å². The maximum absolute atomic E-state index is 12.2. The highest BCUT2D eigenvalue weighted by Gasteiger charge is 2.11. The third-order valence-corrected chi connectivity index (χ3v) is 3.27. The second-order valence-electron chi connectivity index (χ2n) is 4.81. The van der Waals surface area contributed by atoms with Gasteiger partial charge in [0.15, 0.2) is 16.9 Å². The number of benzene rings is 2. The minimum Gasteiger partial charge on any atom is -0.508 e. The lowest BCUT2D eigenvalue weighted by Gasteiger charge is -2.06. The van der Waals surface area contributed by atoms with Crippen molar-refractivity contribution in [3.63, 3.8) is 0 Å². The highest BCUT2D eigenvalue weighted by Crippen LogP contribution is 2.32. The number of phenolic OH excluding ortho intramolecular Hbond substituents is 3. The van der Waals surface area contributed by atoms with Crippen molar-refractivity contribution in [2.24, 2.45) is 0 Å². The van der Waals surface area contributed by atoms with E-state index in [0.717, 1.165) is 0 Å². The van der Waals surface area contributed by atoms with Gasteiger partial charge in [0.1, 0.15) is 17.1 Å². The highest BCUT2D eigenvalue weighted by molar-refractivity contribution is 5.83. The smallest absolute Gasteiger partial charge is 0.193 e. The third-order valence-electron chi connectivity index (χ3n) is 3.27. The van der Waals surface area contributed by atoms with E-state index in [1.807, 2.05) is 0 Å². The number of phenols is 3. The molecule has 0 saturated heterocycles. The predicted octanol–water partition coefficient (Wildman–Crippen LogP) is 2.89. The first kappa shape index (κ1) is 13.1. The highest BCUT2D eigenvalue weighted by atomic mass is 16.3. The molecule has 0 aliphatic rings. The zero-order valence-corrected chi connectivity index (χ0v) is 11.1. The van der Waals surface area contributed by atoms with Crippen molar-refractivity contribution in [1.29, 1.82) is 0 Å². The molecule has 0 atom stereocenters. The van der Waals surface area contributed by atoms with E-state index in [9.17, 15) is 20.1 Å². The summed E-state index contributed by atoms with van der Waals surface area (Å²) in [5.74, 6) is -0.306. The van der Waals surface area contributed by atoms with Crippen molar-refractivity contribution in [2.45, 2.75) is 6.92 Å². The molecule has 1 aromatic heterocycles. The van der Waals surface area contributed by atoms with Crippen molar-refractivity contribution in [3.8, 4) is 28.6 Å². The Morgan fingerprint density at radius 1 is 0.952 bits per heavy atom. The van der Waals surface area contributed by atoms with Crippen LogP contribution in [0.1, 0.15) is 5.56 Å². The fraction of sp³-hybridized carbons (Fsp3) is 0.0625. The minimum absolute atomic E-state index is 0.00820. The maximum atomic E-state index is 12.2. The van der Waals surface area contributed by atoms with Crippen LogP contribution < -0.4 is 5.43 Å². The Kier molecular flexibility index (Phi) is 2.83. The van der Waals surface area contributed by atoms with Crippen LogP contribution in [-0.2, 0) is 0 Å². The lowest BCUT2D eigenvalue weighted by atomic mass is 10.1. The van der Waals surface area contributed by atoms with E-state index in [-0.39, 0.29) is 34.0 Å². The Hall–Kier alpha value is -2.95. The third kappa shape index (κ3) is 2.18. The van der Waals surface area contributed by atoms with Crippen molar-refractivity contribution in [1.82, 2.24) is 0 Å². The predicted molar refractivity (Wildman–Crippen MR) is 77.7 cm³/mol. The summed E-state index contributed by atoms with van der Waals surface area (Å²) in [4.78, 5) is 12.2. The second kappa shape index (κ2) is 4.56. The molecular weight excluding hydrogens is 272 g/mol. The number of aromatic hydroxyl groups is 3. The summed E-state index contributed by atoms with van der Waals surface area (Å²) in [6.07, 6.45) is 0. The summed E-state index contributed by atoms with van der Waals surface area (Å²) in [5.41, 5.74) is 1.10. The van der Waals surface area contributed by atoms with Crippen LogP contribution in [0.15, 0.2) is 45.6 Å². The van der Waals surface area contributed by atoms with Crippen LogP contribution in [0.3, 0.4) is 0 Å². The first-order chi connectivity index (χ1) is 9.95. The number of fused-ring (bicyclic) bond motifs is 1. The fourth-order valence-electron chi connectivity index (χ4n) is 2.29. The van der Waals surface area contributed by atoms with Crippen molar-refractivity contribution < 1.29 is 19.7 Å². The summed E-state index contributed by atoms with van der Waals surface area (Å²) in [6, 6.07) is 8.31. The van der Waals surface area contributed by atoms with Crippen LogP contribution in [0.5, 0.6) is 17.2 Å². The van der Waals surface area contributed by atoms with Crippen LogP contribution in [0.2, 0.25) is 0 Å². The summed E-state index contributed by atoms with van der Waals surface area (Å²) in [7, 11) is 0. The van der Waals surface area contributed by atoms with Crippen LogP contribution in [-0.4, -0.2) is 15.3 Å². The molecule has 5 nitrogen and oxygen atoms in total. The van der Waals surface area contributed by atoms with Gasteiger partial charge in [-0.25, -0.2) is 0 Å². The van der Waals surface area contributed by atoms with Gasteiger partial charge in [-0.05, 0) is 36.8 Å². The first-order valence-corrected chi connectivity index (χ1v) is 6.25. The molecule has 106 valence electrons. The van der Waals surface area contributed by atoms with E-state index in [4.69, 9.17) is 4.42 Å². The van der Waals surface area contributed by atoms with Gasteiger partial charge in [-0.2, -0.15) is 0 Å². The lowest BCUT2D eigenvalue weighted by Crippen LogP contribution is -2.02. The zero-order chi connectivity index (χ0) is 15.1. The topological polar surface area (TPSA) is 90.9 Å². The molecule has 5 heteroatoms. The molecule has 21 heavy (non-hydrogen) atoms. The monoisotopic (exact) mass is 284 g/mol. The van der Waals surface area contributed by atoms with Gasteiger partial charge in [0, 0.05) is 17.7 Å². The Morgan fingerprint density at radius 3 is 2.43 bits per heavy atom. The molecule has 0 aliphatic carbocycles. The van der Waals surface area contributed by atoms with Crippen LogP contribution in [0, 0.1) is 6.92 Å². The molecule has 2 aromatic carbocycles. The Bertz CT molecular complexity index is 908. The standard InChI is InChI=1S/C16H12O5/c1-8-4-10(17)6-15-16(8)13(20)7-14(21-15)9-2-3-11(18)12(19)5-9/h2-7,17-19H,1H3. The molecule has 0 saturated carbocycles. The van der Waals surface area contributed by atoms with Crippen LogP contribution in [0.4, 0.5) is 0 Å². The normalized spacial score (nSPS) is 10.9. The lowest BCUT2D eigenvalue weighted by molar-refractivity contribution is 0.404. The summed E-state index contributed by atoms with van der Waals surface area (Å²) >= 11 is 0. The molecule has 0 bridgehead atoms. The SMILES string of the molecule is Cc1cc(O)cc2oc(-c3ccc(O)c(O)c3)cc(=O)c12. The largest absolute Gasteiger partial charge is 0.508 e. The molecule has 0 spiro atoms. The average molecular weight is 284 g/mol. The molecule has 0 fully saturated rings. The van der Waals surface area contributed by atoms with Gasteiger partial charge in [0.05, 0.1) is 5.39 Å².